The molecule has 0 N–H and O–H groups in total. The second kappa shape index (κ2) is 6.75. The Labute approximate surface area is 160 Å². The Morgan fingerprint density at radius 1 is 1.14 bits per heavy atom. The molecule has 0 amide bonds. The van der Waals surface area contributed by atoms with Crippen LogP contribution in [0.5, 0.6) is 0 Å². The van der Waals surface area contributed by atoms with Crippen molar-refractivity contribution in [2.45, 2.75) is 31.1 Å². The molecular formula is C19H16N2O6S. The van der Waals surface area contributed by atoms with Crippen molar-refractivity contribution in [3.63, 3.8) is 0 Å². The van der Waals surface area contributed by atoms with Crippen molar-refractivity contribution in [2.75, 3.05) is 0 Å². The van der Waals surface area contributed by atoms with Gasteiger partial charge in [0.05, 0.1) is 10.6 Å². The molecule has 0 bridgehead atoms. The molecule has 0 aliphatic heterocycles. The number of benzene rings is 2. The molecule has 1 aromatic heterocycles. The van der Waals surface area contributed by atoms with Gasteiger partial charge in [0.1, 0.15) is 10.7 Å². The van der Waals surface area contributed by atoms with Crippen LogP contribution in [-0.2, 0) is 20.8 Å². The minimum absolute atomic E-state index is 0.00572. The highest BCUT2D eigenvalue weighted by Crippen LogP contribution is 2.36. The van der Waals surface area contributed by atoms with Crippen LogP contribution in [0.1, 0.15) is 29.7 Å². The van der Waals surface area contributed by atoms with E-state index in [1.807, 2.05) is 6.92 Å². The minimum atomic E-state index is -4.06. The molecule has 9 heteroatoms. The number of nitro groups is 1. The Balaban J connectivity index is 1.75. The minimum Gasteiger partial charge on any atom is -0.453 e. The zero-order chi connectivity index (χ0) is 19.9. The third-order valence-electron chi connectivity index (χ3n) is 4.63. The quantitative estimate of drug-likeness (QED) is 0.481. The second-order valence-corrected chi connectivity index (χ2v) is 8.07. The monoisotopic (exact) mass is 400 g/mol. The first-order valence-electron chi connectivity index (χ1n) is 8.63. The fraction of sp³-hybridized carbons (Fsp3) is 0.211. The van der Waals surface area contributed by atoms with Crippen LogP contribution < -0.4 is 0 Å². The number of non-ortho nitro benzene ring substituents is 1. The molecule has 0 radical (unpaired) electrons. The molecule has 4 rings (SSSR count). The van der Waals surface area contributed by atoms with Gasteiger partial charge in [0.2, 0.25) is 5.58 Å². The number of rotatable bonds is 4. The van der Waals surface area contributed by atoms with Gasteiger partial charge >= 0.3 is 15.8 Å². The van der Waals surface area contributed by atoms with E-state index in [9.17, 15) is 18.5 Å². The summed E-state index contributed by atoms with van der Waals surface area (Å²) in [6.07, 6.45) is 1.74. The van der Waals surface area contributed by atoms with Crippen LogP contribution in [0.4, 0.5) is 5.69 Å². The fourth-order valence-corrected chi connectivity index (χ4v) is 4.01. The third kappa shape index (κ3) is 3.13. The van der Waals surface area contributed by atoms with Gasteiger partial charge in [-0.25, -0.2) is 0 Å². The lowest BCUT2D eigenvalue weighted by atomic mass is 9.94. The van der Waals surface area contributed by atoms with E-state index in [0.717, 1.165) is 5.56 Å². The predicted molar refractivity (Wildman–Crippen MR) is 102 cm³/mol. The van der Waals surface area contributed by atoms with E-state index in [1.165, 1.54) is 18.2 Å². The van der Waals surface area contributed by atoms with Crippen molar-refractivity contribution in [2.24, 2.45) is 5.16 Å². The lowest BCUT2D eigenvalue weighted by Gasteiger charge is -2.12. The Morgan fingerprint density at radius 3 is 2.61 bits per heavy atom. The van der Waals surface area contributed by atoms with E-state index < -0.39 is 15.0 Å². The van der Waals surface area contributed by atoms with Gasteiger partial charge in [-0.3, -0.25) is 14.4 Å². The summed E-state index contributed by atoms with van der Waals surface area (Å²) in [6, 6.07) is 10.9. The number of fused-ring (bicyclic) bond motifs is 3. The number of oxime groups is 1. The van der Waals surface area contributed by atoms with Gasteiger partial charge in [-0.15, -0.1) is 0 Å². The number of aryl methyl sites for hydroxylation is 2. The molecule has 0 unspecified atom stereocenters. The maximum Gasteiger partial charge on any atom is 0.358 e. The van der Waals surface area contributed by atoms with Crippen molar-refractivity contribution >= 4 is 32.5 Å². The Bertz CT molecular complexity index is 1210. The average Bonchev–Trinajstić information content (AvgIpc) is 3.06. The number of nitro benzene ring substituents is 1. The summed E-state index contributed by atoms with van der Waals surface area (Å²) in [5.74, 6) is 0.547. The standard InChI is InChI=1S/C19H16N2O6S/c1-12-8-10-13(11-9-12)28(24,25)27-20-15-5-3-7-17-18(15)14-4-2-6-16(21(22)23)19(14)26-17/h2,4,6,8-11H,3,5,7H2,1H3. The molecule has 144 valence electrons. The Morgan fingerprint density at radius 2 is 1.89 bits per heavy atom. The van der Waals surface area contributed by atoms with E-state index in [1.54, 1.807) is 24.3 Å². The van der Waals surface area contributed by atoms with Gasteiger partial charge in [-0.05, 0) is 38.0 Å². The van der Waals surface area contributed by atoms with Crippen LogP contribution >= 0.6 is 0 Å². The number of nitrogens with zero attached hydrogens (tertiary/aromatic N) is 2. The lowest BCUT2D eigenvalue weighted by molar-refractivity contribution is -0.383. The zero-order valence-corrected chi connectivity index (χ0v) is 15.7. The highest BCUT2D eigenvalue weighted by Gasteiger charge is 2.28. The van der Waals surface area contributed by atoms with Crippen LogP contribution in [0.2, 0.25) is 0 Å². The summed E-state index contributed by atoms with van der Waals surface area (Å²) in [4.78, 5) is 10.8. The molecule has 8 nitrogen and oxygen atoms in total. The van der Waals surface area contributed by atoms with Gasteiger partial charge in [-0.2, -0.15) is 8.42 Å². The van der Waals surface area contributed by atoms with Crippen LogP contribution in [0, 0.1) is 17.0 Å². The molecule has 1 aliphatic rings. The van der Waals surface area contributed by atoms with Gasteiger partial charge in [0.25, 0.3) is 0 Å². The molecule has 0 saturated carbocycles. The Hall–Kier alpha value is -3.20. The molecule has 0 atom stereocenters. The van der Waals surface area contributed by atoms with E-state index in [4.69, 9.17) is 8.70 Å². The van der Waals surface area contributed by atoms with E-state index >= 15 is 0 Å². The zero-order valence-electron chi connectivity index (χ0n) is 14.9. The number of para-hydroxylation sites is 1. The van der Waals surface area contributed by atoms with Crippen molar-refractivity contribution < 1.29 is 22.0 Å². The van der Waals surface area contributed by atoms with Crippen molar-refractivity contribution in [3.05, 3.63) is 69.5 Å². The maximum atomic E-state index is 12.4. The largest absolute Gasteiger partial charge is 0.453 e. The smallest absolute Gasteiger partial charge is 0.358 e. The molecule has 0 fully saturated rings. The average molecular weight is 400 g/mol. The number of hydrogen-bond donors (Lipinski definition) is 0. The van der Waals surface area contributed by atoms with E-state index in [-0.39, 0.29) is 16.2 Å². The summed E-state index contributed by atoms with van der Waals surface area (Å²) in [6.45, 7) is 1.85. The highest BCUT2D eigenvalue weighted by molar-refractivity contribution is 7.86. The lowest BCUT2D eigenvalue weighted by Crippen LogP contribution is -2.12. The fourth-order valence-electron chi connectivity index (χ4n) is 3.26. The van der Waals surface area contributed by atoms with Crippen LogP contribution in [-0.4, -0.2) is 19.1 Å². The normalized spacial score (nSPS) is 15.5. The molecule has 3 aromatic rings. The van der Waals surface area contributed by atoms with Gasteiger partial charge < -0.3 is 4.42 Å². The summed E-state index contributed by atoms with van der Waals surface area (Å²) >= 11 is 0. The van der Waals surface area contributed by atoms with Crippen LogP contribution in [0.25, 0.3) is 11.0 Å². The number of hydrogen-bond acceptors (Lipinski definition) is 7. The van der Waals surface area contributed by atoms with E-state index in [2.05, 4.69) is 5.16 Å². The molecule has 0 spiro atoms. The summed E-state index contributed by atoms with van der Waals surface area (Å²) in [7, 11) is -4.06. The SMILES string of the molecule is Cc1ccc(S(=O)(=O)ON=C2CCCc3oc4c([N+](=O)[O-])cccc4c32)cc1. The molecule has 1 heterocycles. The predicted octanol–water partition coefficient (Wildman–Crippen LogP) is 4.10. The van der Waals surface area contributed by atoms with E-state index in [0.29, 0.717) is 41.7 Å². The van der Waals surface area contributed by atoms with Crippen molar-refractivity contribution in [1.29, 1.82) is 0 Å². The highest BCUT2D eigenvalue weighted by atomic mass is 32.2. The first-order chi connectivity index (χ1) is 13.4. The molecule has 0 saturated heterocycles. The summed E-state index contributed by atoms with van der Waals surface area (Å²) < 4.78 is 35.5. The maximum absolute atomic E-state index is 12.4. The summed E-state index contributed by atoms with van der Waals surface area (Å²) in [5, 5.41) is 15.7. The van der Waals surface area contributed by atoms with Crippen molar-refractivity contribution in [1.82, 2.24) is 0 Å². The van der Waals surface area contributed by atoms with Gasteiger partial charge in [0, 0.05) is 23.4 Å². The molecule has 1 aliphatic carbocycles. The Kier molecular flexibility index (Phi) is 4.38. The number of furan rings is 1. The second-order valence-electron chi connectivity index (χ2n) is 6.54. The first kappa shape index (κ1) is 18.2. The molecule has 28 heavy (non-hydrogen) atoms. The summed E-state index contributed by atoms with van der Waals surface area (Å²) in [5.41, 5.74) is 1.92. The van der Waals surface area contributed by atoms with Gasteiger partial charge in [0.15, 0.2) is 0 Å². The van der Waals surface area contributed by atoms with Crippen LogP contribution in [0.3, 0.4) is 0 Å². The topological polar surface area (TPSA) is 112 Å². The molecule has 2 aromatic carbocycles. The van der Waals surface area contributed by atoms with Crippen molar-refractivity contribution in [3.8, 4) is 0 Å². The van der Waals surface area contributed by atoms with Crippen LogP contribution in [0.15, 0.2) is 56.9 Å². The molecular weight excluding hydrogens is 384 g/mol. The van der Waals surface area contributed by atoms with Gasteiger partial charge in [-0.1, -0.05) is 28.9 Å². The first-order valence-corrected chi connectivity index (χ1v) is 10.0. The third-order valence-corrected chi connectivity index (χ3v) is 5.75.